The molecule has 1 fully saturated rings. The molecule has 1 heterocycles. The molecule has 0 bridgehead atoms. The van der Waals surface area contributed by atoms with Gasteiger partial charge in [-0.3, -0.25) is 0 Å². The minimum absolute atomic E-state index is 0. The zero-order valence-electron chi connectivity index (χ0n) is 14.1. The lowest BCUT2D eigenvalue weighted by molar-refractivity contribution is -0.655. The van der Waals surface area contributed by atoms with E-state index in [4.69, 9.17) is 4.74 Å². The molecule has 1 aliphatic heterocycles. The van der Waals surface area contributed by atoms with Gasteiger partial charge >= 0.3 is 0 Å². The quantitative estimate of drug-likeness (QED) is 0.802. The molecule has 0 aliphatic carbocycles. The number of carbonyl (C=O) groups excluding carboxylic acids is 1. The highest BCUT2D eigenvalue weighted by molar-refractivity contribution is 5.85. The van der Waals surface area contributed by atoms with Crippen LogP contribution in [0.3, 0.4) is 0 Å². The first-order valence-electron chi connectivity index (χ1n) is 7.77. The van der Waals surface area contributed by atoms with Gasteiger partial charge in [0.2, 0.25) is 0 Å². The van der Waals surface area contributed by atoms with Gasteiger partial charge in [0.1, 0.15) is 11.6 Å². The molecule has 0 unspecified atom stereocenters. The number of hydrogen-bond donors (Lipinski definition) is 1. The topological polar surface area (TPSA) is 101 Å². The summed E-state index contributed by atoms with van der Waals surface area (Å²) in [4.78, 5) is 12.5. The summed E-state index contributed by atoms with van der Waals surface area (Å²) >= 11 is 0. The van der Waals surface area contributed by atoms with E-state index in [-0.39, 0.29) is 11.0 Å². The van der Waals surface area contributed by atoms with Crippen LogP contribution < -0.4 is 20.1 Å². The van der Waals surface area contributed by atoms with Crippen LogP contribution in [0.1, 0.15) is 10.4 Å². The van der Waals surface area contributed by atoms with Crippen molar-refractivity contribution in [2.75, 3.05) is 38.2 Å². The van der Waals surface area contributed by atoms with E-state index in [1.54, 1.807) is 7.11 Å². The number of halogens is 1. The van der Waals surface area contributed by atoms with Crippen molar-refractivity contribution in [2.45, 2.75) is 0 Å². The molecular weight excluding hydrogens is 327 g/mol. The number of aromatic carboxylic acids is 1. The molecule has 0 radical (unpaired) electrons. The highest BCUT2D eigenvalue weighted by Gasteiger charge is 2.12. The highest BCUT2D eigenvalue weighted by Crippen LogP contribution is 2.18. The number of carbonyl (C=O) groups is 1. The largest absolute Gasteiger partial charge is 0.545 e. The molecule has 3 rings (SSSR count). The Balaban J connectivity index is 0.000000254. The van der Waals surface area contributed by atoms with Gasteiger partial charge in [-0.15, -0.1) is 0 Å². The van der Waals surface area contributed by atoms with Gasteiger partial charge in [-0.05, 0) is 42.0 Å². The number of benzene rings is 2. The van der Waals surface area contributed by atoms with E-state index in [1.165, 1.54) is 18.8 Å². The van der Waals surface area contributed by atoms with E-state index < -0.39 is 11.8 Å². The van der Waals surface area contributed by atoms with Gasteiger partial charge in [-0.25, -0.2) is 4.39 Å². The SMILES string of the molecule is COc1ccc(N2CC[NH2+]CC2)cc1.O.O=C([O-])c1ccc(F)cc1. The molecule has 4 N–H and O–H groups in total. The number of nitrogens with two attached hydrogens (primary N) is 1. The molecular formula is C18H23FN2O4. The van der Waals surface area contributed by atoms with Gasteiger partial charge in [-0.1, -0.05) is 12.1 Å². The van der Waals surface area contributed by atoms with E-state index in [2.05, 4.69) is 22.3 Å². The molecule has 2 aromatic rings. The Labute approximate surface area is 146 Å². The molecule has 0 spiro atoms. The molecule has 7 heteroatoms. The standard InChI is InChI=1S/C11H16N2O.C7H5FO2.H2O/c1-14-11-4-2-10(3-5-11)13-8-6-12-7-9-13;8-6-3-1-5(2-4-6)7(9)10;/h2-5,12H,6-9H2,1H3;1-4H,(H,9,10);1H2. The van der Waals surface area contributed by atoms with Crippen LogP contribution in [0.5, 0.6) is 5.75 Å². The molecule has 136 valence electrons. The number of rotatable bonds is 3. The molecule has 0 amide bonds. The number of carboxylic acid groups (broad SMARTS) is 1. The van der Waals surface area contributed by atoms with Gasteiger partial charge in [0, 0.05) is 5.69 Å². The van der Waals surface area contributed by atoms with Crippen molar-refractivity contribution in [3.05, 3.63) is 59.9 Å². The lowest BCUT2D eigenvalue weighted by Crippen LogP contribution is -2.89. The van der Waals surface area contributed by atoms with Crippen LogP contribution >= 0.6 is 0 Å². The predicted octanol–water partition coefficient (Wildman–Crippen LogP) is -0.557. The Hall–Kier alpha value is -2.64. The smallest absolute Gasteiger partial charge is 0.123 e. The number of ether oxygens (including phenoxy) is 1. The van der Waals surface area contributed by atoms with Gasteiger partial charge in [0.15, 0.2) is 0 Å². The van der Waals surface area contributed by atoms with Crippen LogP contribution in [-0.2, 0) is 0 Å². The van der Waals surface area contributed by atoms with E-state index >= 15 is 0 Å². The van der Waals surface area contributed by atoms with Crippen molar-refractivity contribution in [3.8, 4) is 5.75 Å². The Kier molecular flexibility index (Phi) is 8.38. The van der Waals surface area contributed by atoms with Gasteiger partial charge in [0.05, 0.1) is 39.3 Å². The van der Waals surface area contributed by atoms with Gasteiger partial charge in [0.25, 0.3) is 0 Å². The van der Waals surface area contributed by atoms with Crippen molar-refractivity contribution in [3.63, 3.8) is 0 Å². The van der Waals surface area contributed by atoms with E-state index in [9.17, 15) is 14.3 Å². The van der Waals surface area contributed by atoms with Crippen molar-refractivity contribution >= 4 is 11.7 Å². The minimum Gasteiger partial charge on any atom is -0.545 e. The Morgan fingerprint density at radius 2 is 1.64 bits per heavy atom. The van der Waals surface area contributed by atoms with Crippen molar-refractivity contribution < 1.29 is 29.8 Å². The fourth-order valence-electron chi connectivity index (χ4n) is 2.39. The van der Waals surface area contributed by atoms with Crippen LogP contribution in [-0.4, -0.2) is 44.7 Å². The fourth-order valence-corrected chi connectivity index (χ4v) is 2.39. The van der Waals surface area contributed by atoms with Gasteiger partial charge < -0.3 is 30.3 Å². The summed E-state index contributed by atoms with van der Waals surface area (Å²) in [5, 5.41) is 12.4. The summed E-state index contributed by atoms with van der Waals surface area (Å²) < 4.78 is 17.3. The second kappa shape index (κ2) is 10.3. The number of carboxylic acids is 1. The van der Waals surface area contributed by atoms with Crippen LogP contribution in [0, 0.1) is 5.82 Å². The number of quaternary nitrogens is 1. The van der Waals surface area contributed by atoms with Crippen molar-refractivity contribution in [1.82, 2.24) is 0 Å². The summed E-state index contributed by atoms with van der Waals surface area (Å²) in [6, 6.07) is 12.8. The van der Waals surface area contributed by atoms with Crippen LogP contribution in [0.25, 0.3) is 0 Å². The second-order valence-corrected chi connectivity index (χ2v) is 5.35. The summed E-state index contributed by atoms with van der Waals surface area (Å²) in [6.45, 7) is 4.69. The number of anilines is 1. The summed E-state index contributed by atoms with van der Waals surface area (Å²) in [5.74, 6) is -0.817. The third-order valence-corrected chi connectivity index (χ3v) is 3.72. The highest BCUT2D eigenvalue weighted by atomic mass is 19.1. The zero-order valence-corrected chi connectivity index (χ0v) is 14.1. The first-order valence-corrected chi connectivity index (χ1v) is 7.77. The third-order valence-electron chi connectivity index (χ3n) is 3.72. The third kappa shape index (κ3) is 6.40. The maximum atomic E-state index is 12.1. The van der Waals surface area contributed by atoms with Crippen molar-refractivity contribution in [1.29, 1.82) is 0 Å². The number of nitrogens with zero attached hydrogens (tertiary/aromatic N) is 1. The van der Waals surface area contributed by atoms with E-state index in [0.29, 0.717) is 0 Å². The summed E-state index contributed by atoms with van der Waals surface area (Å²) in [6.07, 6.45) is 0. The first-order chi connectivity index (χ1) is 11.6. The Morgan fingerprint density at radius 1 is 1.08 bits per heavy atom. The molecule has 2 aromatic carbocycles. The van der Waals surface area contributed by atoms with Gasteiger partial charge in [-0.2, -0.15) is 0 Å². The van der Waals surface area contributed by atoms with Crippen LogP contribution in [0.15, 0.2) is 48.5 Å². The summed E-state index contributed by atoms with van der Waals surface area (Å²) in [7, 11) is 1.70. The summed E-state index contributed by atoms with van der Waals surface area (Å²) in [5.41, 5.74) is 1.29. The lowest BCUT2D eigenvalue weighted by Gasteiger charge is -2.27. The van der Waals surface area contributed by atoms with E-state index in [1.807, 2.05) is 12.1 Å². The second-order valence-electron chi connectivity index (χ2n) is 5.35. The van der Waals surface area contributed by atoms with Crippen LogP contribution in [0.4, 0.5) is 10.1 Å². The number of hydrogen-bond acceptors (Lipinski definition) is 4. The average molecular weight is 350 g/mol. The lowest BCUT2D eigenvalue weighted by atomic mass is 10.2. The Bertz CT molecular complexity index is 641. The average Bonchev–Trinajstić information content (AvgIpc) is 2.63. The first kappa shape index (κ1) is 20.4. The maximum Gasteiger partial charge on any atom is 0.123 e. The zero-order chi connectivity index (χ0) is 17.4. The molecule has 25 heavy (non-hydrogen) atoms. The number of methoxy groups -OCH3 is 1. The normalized spacial score (nSPS) is 13.1. The predicted molar refractivity (Wildman–Crippen MR) is 91.2 cm³/mol. The molecule has 1 saturated heterocycles. The molecule has 0 saturated carbocycles. The van der Waals surface area contributed by atoms with Crippen LogP contribution in [0.2, 0.25) is 0 Å². The minimum atomic E-state index is -1.29. The fraction of sp³-hybridized carbons (Fsp3) is 0.278. The monoisotopic (exact) mass is 350 g/mol. The Morgan fingerprint density at radius 3 is 2.12 bits per heavy atom. The molecule has 0 aromatic heterocycles. The van der Waals surface area contributed by atoms with Crippen molar-refractivity contribution in [2.24, 2.45) is 0 Å². The molecule has 0 atom stereocenters. The maximum absolute atomic E-state index is 12.1. The molecule has 6 nitrogen and oxygen atoms in total. The van der Waals surface area contributed by atoms with E-state index in [0.717, 1.165) is 43.1 Å². The molecule has 1 aliphatic rings. The number of piperazine rings is 1.